The van der Waals surface area contributed by atoms with Gasteiger partial charge in [0.2, 0.25) is 0 Å². The van der Waals surface area contributed by atoms with Crippen LogP contribution in [0.2, 0.25) is 0 Å². The molecule has 7 heteroatoms. The molecule has 1 heterocycles. The van der Waals surface area contributed by atoms with E-state index in [2.05, 4.69) is 22.2 Å². The fourth-order valence-corrected chi connectivity index (χ4v) is 4.08. The molecule has 4 rings (SSSR count). The first kappa shape index (κ1) is 24.1. The van der Waals surface area contributed by atoms with Crippen LogP contribution in [0.3, 0.4) is 0 Å². The predicted molar refractivity (Wildman–Crippen MR) is 135 cm³/mol. The fourth-order valence-electron chi connectivity index (χ4n) is 4.08. The molecule has 0 spiro atoms. The molecule has 0 fully saturated rings. The highest BCUT2D eigenvalue weighted by Crippen LogP contribution is 2.36. The predicted octanol–water partition coefficient (Wildman–Crippen LogP) is 4.84. The number of amides is 1. The average molecular weight is 475 g/mol. The van der Waals surface area contributed by atoms with Gasteiger partial charge in [-0.3, -0.25) is 9.59 Å². The second kappa shape index (κ2) is 11.0. The van der Waals surface area contributed by atoms with E-state index in [1.165, 1.54) is 12.7 Å². The van der Waals surface area contributed by atoms with Crippen molar-refractivity contribution in [3.8, 4) is 11.5 Å². The molecule has 1 unspecified atom stereocenters. The monoisotopic (exact) mass is 474 g/mol. The summed E-state index contributed by atoms with van der Waals surface area (Å²) in [6, 6.07) is 21.4. The lowest BCUT2D eigenvalue weighted by Crippen LogP contribution is -2.23. The van der Waals surface area contributed by atoms with Gasteiger partial charge in [0.25, 0.3) is 5.91 Å². The fraction of sp³-hybridized carbons (Fsp3) is 0.286. The number of carbonyl (C=O) groups excluding carboxylic acids is 2. The molecule has 0 aromatic heterocycles. The number of methoxy groups -OCH3 is 2. The van der Waals surface area contributed by atoms with Crippen LogP contribution in [0.1, 0.15) is 34.8 Å². The Hall–Kier alpha value is -4.00. The van der Waals surface area contributed by atoms with E-state index in [1.807, 2.05) is 55.5 Å². The molecule has 1 N–H and O–H groups in total. The van der Waals surface area contributed by atoms with Gasteiger partial charge in [-0.05, 0) is 55.2 Å². The van der Waals surface area contributed by atoms with E-state index in [0.29, 0.717) is 29.3 Å². The van der Waals surface area contributed by atoms with Crippen LogP contribution >= 0.6 is 0 Å². The van der Waals surface area contributed by atoms with Crippen molar-refractivity contribution < 1.29 is 23.8 Å². The number of fused-ring (bicyclic) bond motifs is 1. The minimum Gasteiger partial charge on any atom is -0.493 e. The molecular formula is C28H30N2O5. The van der Waals surface area contributed by atoms with Crippen molar-refractivity contribution in [3.63, 3.8) is 0 Å². The quantitative estimate of drug-likeness (QED) is 0.424. The summed E-state index contributed by atoms with van der Waals surface area (Å²) >= 11 is 0. The van der Waals surface area contributed by atoms with Crippen molar-refractivity contribution in [2.24, 2.45) is 0 Å². The van der Waals surface area contributed by atoms with Gasteiger partial charge in [0.05, 0.1) is 26.9 Å². The van der Waals surface area contributed by atoms with Crippen molar-refractivity contribution in [1.29, 1.82) is 0 Å². The third kappa shape index (κ3) is 5.74. The van der Waals surface area contributed by atoms with Gasteiger partial charge in [-0.15, -0.1) is 0 Å². The van der Waals surface area contributed by atoms with Crippen LogP contribution in [0.25, 0.3) is 0 Å². The number of hydrogen-bond acceptors (Lipinski definition) is 6. The molecule has 7 nitrogen and oxygen atoms in total. The van der Waals surface area contributed by atoms with Gasteiger partial charge < -0.3 is 24.4 Å². The first-order valence-corrected chi connectivity index (χ1v) is 11.6. The maximum absolute atomic E-state index is 13.2. The number of anilines is 2. The Bertz CT molecular complexity index is 1200. The molecule has 1 atom stereocenters. The maximum Gasteiger partial charge on any atom is 0.325 e. The SMILES string of the molecule is COC(=O)CNc1ccc2c(c1)C(=O)N(c1ccc(OC)c(OC(C)CCc3ccccc3)c1)C2. The minimum atomic E-state index is -0.373. The molecule has 0 bridgehead atoms. The number of rotatable bonds is 10. The smallest absolute Gasteiger partial charge is 0.325 e. The molecule has 182 valence electrons. The van der Waals surface area contributed by atoms with E-state index >= 15 is 0 Å². The molecule has 0 saturated heterocycles. The molecule has 1 aliphatic heterocycles. The Morgan fingerprint density at radius 2 is 1.83 bits per heavy atom. The Kier molecular flexibility index (Phi) is 7.55. The number of benzene rings is 3. The maximum atomic E-state index is 13.2. The summed E-state index contributed by atoms with van der Waals surface area (Å²) < 4.78 is 16.4. The Labute approximate surface area is 205 Å². The summed E-state index contributed by atoms with van der Waals surface area (Å²) in [7, 11) is 2.95. The van der Waals surface area contributed by atoms with Gasteiger partial charge in [0.1, 0.15) is 6.54 Å². The summed E-state index contributed by atoms with van der Waals surface area (Å²) in [6.07, 6.45) is 1.73. The van der Waals surface area contributed by atoms with Crippen LogP contribution in [0.15, 0.2) is 66.7 Å². The summed E-state index contributed by atoms with van der Waals surface area (Å²) in [5, 5.41) is 2.99. The van der Waals surface area contributed by atoms with Gasteiger partial charge >= 0.3 is 5.97 Å². The van der Waals surface area contributed by atoms with E-state index in [1.54, 1.807) is 18.1 Å². The average Bonchev–Trinajstić information content (AvgIpc) is 3.22. The zero-order valence-electron chi connectivity index (χ0n) is 20.2. The van der Waals surface area contributed by atoms with Gasteiger partial charge in [-0.1, -0.05) is 36.4 Å². The normalized spacial score (nSPS) is 13.2. The van der Waals surface area contributed by atoms with Gasteiger partial charge in [-0.25, -0.2) is 0 Å². The zero-order valence-corrected chi connectivity index (χ0v) is 20.2. The lowest BCUT2D eigenvalue weighted by atomic mass is 10.1. The molecule has 0 aliphatic carbocycles. The van der Waals surface area contributed by atoms with E-state index in [9.17, 15) is 9.59 Å². The van der Waals surface area contributed by atoms with E-state index in [4.69, 9.17) is 9.47 Å². The molecule has 1 amide bonds. The van der Waals surface area contributed by atoms with Crippen LogP contribution in [-0.4, -0.2) is 38.7 Å². The number of nitrogens with one attached hydrogen (secondary N) is 1. The van der Waals surface area contributed by atoms with Gasteiger partial charge in [-0.2, -0.15) is 0 Å². The summed E-state index contributed by atoms with van der Waals surface area (Å²) in [6.45, 7) is 2.53. The first-order valence-electron chi connectivity index (χ1n) is 11.6. The molecule has 3 aromatic rings. The molecule has 0 saturated carbocycles. The van der Waals surface area contributed by atoms with Crippen molar-refractivity contribution in [2.75, 3.05) is 31.0 Å². The van der Waals surface area contributed by atoms with Gasteiger partial charge in [0, 0.05) is 23.0 Å². The molecule has 0 radical (unpaired) electrons. The summed E-state index contributed by atoms with van der Waals surface area (Å²) in [5.74, 6) is 0.755. The van der Waals surface area contributed by atoms with E-state index < -0.39 is 0 Å². The first-order chi connectivity index (χ1) is 17.0. The summed E-state index contributed by atoms with van der Waals surface area (Å²) in [5.41, 5.74) is 4.23. The number of ether oxygens (including phenoxy) is 3. The Morgan fingerprint density at radius 3 is 2.57 bits per heavy atom. The molecule has 35 heavy (non-hydrogen) atoms. The van der Waals surface area contributed by atoms with Crippen LogP contribution in [0.4, 0.5) is 11.4 Å². The third-order valence-electron chi connectivity index (χ3n) is 6.05. The number of nitrogens with zero attached hydrogens (tertiary/aromatic N) is 1. The second-order valence-corrected chi connectivity index (χ2v) is 8.48. The highest BCUT2D eigenvalue weighted by atomic mass is 16.5. The topological polar surface area (TPSA) is 77.1 Å². The molecular weight excluding hydrogens is 444 g/mol. The van der Waals surface area contributed by atoms with Crippen molar-refractivity contribution in [3.05, 3.63) is 83.4 Å². The van der Waals surface area contributed by atoms with Crippen LogP contribution < -0.4 is 19.7 Å². The number of hydrogen-bond donors (Lipinski definition) is 1. The molecule has 1 aliphatic rings. The number of esters is 1. The zero-order chi connectivity index (χ0) is 24.8. The second-order valence-electron chi connectivity index (χ2n) is 8.48. The van der Waals surface area contributed by atoms with Crippen LogP contribution in [0, 0.1) is 0 Å². The highest BCUT2D eigenvalue weighted by Gasteiger charge is 2.29. The largest absolute Gasteiger partial charge is 0.493 e. The number of carbonyl (C=O) groups is 2. The lowest BCUT2D eigenvalue weighted by Gasteiger charge is -2.21. The Balaban J connectivity index is 1.47. The van der Waals surface area contributed by atoms with Gasteiger partial charge in [0.15, 0.2) is 11.5 Å². The van der Waals surface area contributed by atoms with Crippen molar-refractivity contribution in [2.45, 2.75) is 32.4 Å². The Morgan fingerprint density at radius 1 is 1.03 bits per heavy atom. The van der Waals surface area contributed by atoms with Crippen LogP contribution in [-0.2, 0) is 22.5 Å². The third-order valence-corrected chi connectivity index (χ3v) is 6.05. The molecule has 3 aromatic carbocycles. The van der Waals surface area contributed by atoms with E-state index in [0.717, 1.165) is 24.1 Å². The lowest BCUT2D eigenvalue weighted by molar-refractivity contribution is -0.138. The minimum absolute atomic E-state index is 0.0331. The van der Waals surface area contributed by atoms with Crippen LogP contribution in [0.5, 0.6) is 11.5 Å². The number of aryl methyl sites for hydroxylation is 1. The highest BCUT2D eigenvalue weighted by molar-refractivity contribution is 6.10. The van der Waals surface area contributed by atoms with E-state index in [-0.39, 0.29) is 24.5 Å². The standard InChI is InChI=1S/C28H30N2O5/c1-19(9-10-20-7-5-4-6-8-20)35-26-16-23(13-14-25(26)33-2)30-18-21-11-12-22(15-24(21)28(30)32)29-17-27(31)34-3/h4-8,11-16,19,29H,9-10,17-18H2,1-3H3. The van der Waals surface area contributed by atoms with Crippen molar-refractivity contribution in [1.82, 2.24) is 0 Å². The summed E-state index contributed by atoms with van der Waals surface area (Å²) in [4.78, 5) is 26.4. The van der Waals surface area contributed by atoms with Crippen molar-refractivity contribution >= 4 is 23.3 Å².